The first-order valence-corrected chi connectivity index (χ1v) is 8.67. The number of hydrogen-bond donors (Lipinski definition) is 1. The molecule has 0 atom stereocenters. The number of thiophene rings is 1. The summed E-state index contributed by atoms with van der Waals surface area (Å²) in [4.78, 5) is 27.9. The molecule has 0 bridgehead atoms. The second kappa shape index (κ2) is 6.84. The zero-order valence-electron chi connectivity index (χ0n) is 12.7. The van der Waals surface area contributed by atoms with Crippen molar-refractivity contribution in [3.8, 4) is 9.88 Å². The number of nitrogens with one attached hydrogen (secondary N) is 1. The van der Waals surface area contributed by atoms with Crippen molar-refractivity contribution in [2.45, 2.75) is 6.54 Å². The highest BCUT2D eigenvalue weighted by Gasteiger charge is 2.17. The molecular formula is C15H15N5OS2. The molecule has 23 heavy (non-hydrogen) atoms. The van der Waals surface area contributed by atoms with Crippen LogP contribution in [-0.4, -0.2) is 39.9 Å². The Kier molecular flexibility index (Phi) is 4.63. The zero-order valence-corrected chi connectivity index (χ0v) is 14.3. The van der Waals surface area contributed by atoms with Gasteiger partial charge in [0.1, 0.15) is 10.7 Å². The Morgan fingerprint density at radius 2 is 2.09 bits per heavy atom. The van der Waals surface area contributed by atoms with Gasteiger partial charge in [0.15, 0.2) is 0 Å². The van der Waals surface area contributed by atoms with Crippen molar-refractivity contribution in [1.29, 1.82) is 0 Å². The molecule has 0 aromatic carbocycles. The lowest BCUT2D eigenvalue weighted by Crippen LogP contribution is -2.26. The standard InChI is InChI=1S/C15H15N5OS2/c1-16-15-17-6-10(7-18-15)8-20(2)14(21)11-9-23-13(19-11)12-4-3-5-22-12/h3-7,9H,8H2,1-2H3,(H,16,17,18). The first-order chi connectivity index (χ1) is 11.2. The van der Waals surface area contributed by atoms with Gasteiger partial charge in [-0.3, -0.25) is 4.79 Å². The van der Waals surface area contributed by atoms with Gasteiger partial charge in [0.05, 0.1) is 4.88 Å². The second-order valence-electron chi connectivity index (χ2n) is 4.84. The minimum absolute atomic E-state index is 0.109. The van der Waals surface area contributed by atoms with Crippen LogP contribution in [0.1, 0.15) is 16.1 Å². The topological polar surface area (TPSA) is 71.0 Å². The van der Waals surface area contributed by atoms with Gasteiger partial charge in [-0.1, -0.05) is 6.07 Å². The molecule has 3 rings (SSSR count). The molecular weight excluding hydrogens is 330 g/mol. The maximum absolute atomic E-state index is 12.5. The maximum atomic E-state index is 12.5. The predicted molar refractivity (Wildman–Crippen MR) is 92.8 cm³/mol. The summed E-state index contributed by atoms with van der Waals surface area (Å²) < 4.78 is 0. The number of thiazole rings is 1. The van der Waals surface area contributed by atoms with Gasteiger partial charge in [0.25, 0.3) is 5.91 Å². The van der Waals surface area contributed by atoms with Crippen molar-refractivity contribution in [2.24, 2.45) is 0 Å². The van der Waals surface area contributed by atoms with Gasteiger partial charge in [-0.2, -0.15) is 0 Å². The van der Waals surface area contributed by atoms with Gasteiger partial charge in [0.2, 0.25) is 5.95 Å². The van der Waals surface area contributed by atoms with E-state index in [0.717, 1.165) is 15.4 Å². The SMILES string of the molecule is CNc1ncc(CN(C)C(=O)c2csc(-c3cccs3)n2)cn1. The van der Waals surface area contributed by atoms with Crippen LogP contribution in [0.15, 0.2) is 35.3 Å². The Bertz CT molecular complexity index is 783. The average Bonchev–Trinajstić information content (AvgIpc) is 3.26. The van der Waals surface area contributed by atoms with Gasteiger partial charge in [0, 0.05) is 44.0 Å². The number of amides is 1. The normalized spacial score (nSPS) is 10.5. The quantitative estimate of drug-likeness (QED) is 0.770. The fraction of sp³-hybridized carbons (Fsp3) is 0.200. The van der Waals surface area contributed by atoms with Crippen LogP contribution in [-0.2, 0) is 6.54 Å². The Morgan fingerprint density at radius 1 is 1.30 bits per heavy atom. The van der Waals surface area contributed by atoms with Crippen molar-refractivity contribution in [3.05, 3.63) is 46.5 Å². The first-order valence-electron chi connectivity index (χ1n) is 6.91. The lowest BCUT2D eigenvalue weighted by Gasteiger charge is -2.15. The van der Waals surface area contributed by atoms with Crippen LogP contribution in [0.25, 0.3) is 9.88 Å². The molecule has 0 saturated heterocycles. The zero-order chi connectivity index (χ0) is 16.2. The van der Waals surface area contributed by atoms with E-state index in [0.29, 0.717) is 18.2 Å². The Balaban J connectivity index is 1.69. The molecule has 3 aromatic heterocycles. The van der Waals surface area contributed by atoms with Crippen molar-refractivity contribution >= 4 is 34.5 Å². The van der Waals surface area contributed by atoms with E-state index in [1.54, 1.807) is 48.1 Å². The molecule has 0 saturated carbocycles. The largest absolute Gasteiger partial charge is 0.357 e. The number of rotatable bonds is 5. The molecule has 1 N–H and O–H groups in total. The Morgan fingerprint density at radius 3 is 2.74 bits per heavy atom. The van der Waals surface area contributed by atoms with Gasteiger partial charge in [-0.05, 0) is 11.4 Å². The molecule has 8 heteroatoms. The number of carbonyl (C=O) groups is 1. The van der Waals surface area contributed by atoms with E-state index < -0.39 is 0 Å². The van der Waals surface area contributed by atoms with Crippen molar-refractivity contribution in [2.75, 3.05) is 19.4 Å². The summed E-state index contributed by atoms with van der Waals surface area (Å²) in [5.41, 5.74) is 1.34. The lowest BCUT2D eigenvalue weighted by molar-refractivity contribution is 0.0780. The maximum Gasteiger partial charge on any atom is 0.273 e. The molecule has 0 spiro atoms. The fourth-order valence-corrected chi connectivity index (χ4v) is 3.60. The molecule has 0 fully saturated rings. The molecule has 6 nitrogen and oxygen atoms in total. The lowest BCUT2D eigenvalue weighted by atomic mass is 10.3. The van der Waals surface area contributed by atoms with Crippen molar-refractivity contribution in [1.82, 2.24) is 19.9 Å². The van der Waals surface area contributed by atoms with E-state index >= 15 is 0 Å². The van der Waals surface area contributed by atoms with Crippen LogP contribution in [0, 0.1) is 0 Å². The summed E-state index contributed by atoms with van der Waals surface area (Å²) in [6.45, 7) is 0.439. The molecule has 0 aliphatic carbocycles. The molecule has 3 aromatic rings. The van der Waals surface area contributed by atoms with Crippen LogP contribution < -0.4 is 5.32 Å². The number of carbonyl (C=O) groups excluding carboxylic acids is 1. The fourth-order valence-electron chi connectivity index (χ4n) is 1.99. The van der Waals surface area contributed by atoms with Crippen molar-refractivity contribution in [3.63, 3.8) is 0 Å². The molecule has 118 valence electrons. The molecule has 0 unspecified atom stereocenters. The molecule has 0 radical (unpaired) electrons. The number of nitrogens with zero attached hydrogens (tertiary/aromatic N) is 4. The predicted octanol–water partition coefficient (Wildman–Crippen LogP) is 2.98. The summed E-state index contributed by atoms with van der Waals surface area (Å²) in [6.07, 6.45) is 3.42. The third-order valence-corrected chi connectivity index (χ3v) is 5.03. The van der Waals surface area contributed by atoms with Crippen LogP contribution in [0.3, 0.4) is 0 Å². The highest BCUT2D eigenvalue weighted by molar-refractivity contribution is 7.20. The van der Waals surface area contributed by atoms with Crippen LogP contribution in [0.2, 0.25) is 0 Å². The Hall–Kier alpha value is -2.32. The number of anilines is 1. The highest BCUT2D eigenvalue weighted by atomic mass is 32.1. The van der Waals surface area contributed by atoms with Gasteiger partial charge in [-0.25, -0.2) is 15.0 Å². The van der Waals surface area contributed by atoms with E-state index in [4.69, 9.17) is 0 Å². The molecule has 1 amide bonds. The summed E-state index contributed by atoms with van der Waals surface area (Å²) in [6, 6.07) is 3.98. The first kappa shape index (κ1) is 15.6. The molecule has 0 aliphatic rings. The van der Waals surface area contributed by atoms with E-state index in [9.17, 15) is 4.79 Å². The minimum atomic E-state index is -0.109. The molecule has 3 heterocycles. The average molecular weight is 345 g/mol. The third kappa shape index (κ3) is 3.54. The number of hydrogen-bond acceptors (Lipinski definition) is 7. The van der Waals surface area contributed by atoms with Gasteiger partial charge >= 0.3 is 0 Å². The van der Waals surface area contributed by atoms with E-state index in [2.05, 4.69) is 20.3 Å². The highest BCUT2D eigenvalue weighted by Crippen LogP contribution is 2.28. The monoisotopic (exact) mass is 345 g/mol. The van der Waals surface area contributed by atoms with Crippen molar-refractivity contribution < 1.29 is 4.79 Å². The van der Waals surface area contributed by atoms with Gasteiger partial charge < -0.3 is 10.2 Å². The molecule has 0 aliphatic heterocycles. The third-order valence-electron chi connectivity index (χ3n) is 3.15. The van der Waals surface area contributed by atoms with E-state index in [1.165, 1.54) is 11.3 Å². The van der Waals surface area contributed by atoms with Crippen LogP contribution >= 0.6 is 22.7 Å². The summed E-state index contributed by atoms with van der Waals surface area (Å²) in [7, 11) is 3.51. The van der Waals surface area contributed by atoms with E-state index in [-0.39, 0.29) is 5.91 Å². The summed E-state index contributed by atoms with van der Waals surface area (Å²) in [5.74, 6) is 0.449. The van der Waals surface area contributed by atoms with Crippen LogP contribution in [0.4, 0.5) is 5.95 Å². The Labute approximate surface area is 141 Å². The summed E-state index contributed by atoms with van der Waals surface area (Å²) >= 11 is 3.10. The number of aromatic nitrogens is 3. The second-order valence-corrected chi connectivity index (χ2v) is 6.65. The summed E-state index contributed by atoms with van der Waals surface area (Å²) in [5, 5.41) is 7.53. The van der Waals surface area contributed by atoms with Crippen LogP contribution in [0.5, 0.6) is 0 Å². The minimum Gasteiger partial charge on any atom is -0.357 e. The van der Waals surface area contributed by atoms with E-state index in [1.807, 2.05) is 17.5 Å². The smallest absolute Gasteiger partial charge is 0.273 e. The van der Waals surface area contributed by atoms with Gasteiger partial charge in [-0.15, -0.1) is 22.7 Å².